The topological polar surface area (TPSA) is 101 Å². The van der Waals surface area contributed by atoms with Gasteiger partial charge in [-0.05, 0) is 18.9 Å². The SMILES string of the molecule is CCc1occc1C(=O)NC(CC)(CC)/C(N)=N/O. The van der Waals surface area contributed by atoms with Gasteiger partial charge >= 0.3 is 0 Å². The molecule has 106 valence electrons. The number of nitrogens with two attached hydrogens (primary N) is 1. The van der Waals surface area contributed by atoms with Crippen LogP contribution in [0, 0.1) is 0 Å². The minimum atomic E-state index is -0.839. The summed E-state index contributed by atoms with van der Waals surface area (Å²) in [5.41, 5.74) is 5.35. The Morgan fingerprint density at radius 3 is 2.58 bits per heavy atom. The van der Waals surface area contributed by atoms with E-state index in [0.717, 1.165) is 0 Å². The molecule has 6 nitrogen and oxygen atoms in total. The Morgan fingerprint density at radius 1 is 1.47 bits per heavy atom. The number of amidine groups is 1. The lowest BCUT2D eigenvalue weighted by atomic mass is 9.91. The van der Waals surface area contributed by atoms with E-state index in [9.17, 15) is 4.79 Å². The highest BCUT2D eigenvalue weighted by atomic mass is 16.4. The third-order valence-corrected chi connectivity index (χ3v) is 3.47. The van der Waals surface area contributed by atoms with Gasteiger partial charge in [0, 0.05) is 6.42 Å². The number of oxime groups is 1. The Morgan fingerprint density at radius 2 is 2.11 bits per heavy atom. The van der Waals surface area contributed by atoms with Gasteiger partial charge in [0.2, 0.25) is 0 Å². The number of furan rings is 1. The van der Waals surface area contributed by atoms with Crippen molar-refractivity contribution >= 4 is 11.7 Å². The maximum Gasteiger partial charge on any atom is 0.255 e. The smallest absolute Gasteiger partial charge is 0.255 e. The summed E-state index contributed by atoms with van der Waals surface area (Å²) in [6.07, 6.45) is 3.18. The molecular formula is C13H21N3O3. The number of hydrogen-bond acceptors (Lipinski definition) is 4. The third-order valence-electron chi connectivity index (χ3n) is 3.47. The predicted octanol–water partition coefficient (Wildman–Crippen LogP) is 1.88. The summed E-state index contributed by atoms with van der Waals surface area (Å²) in [5.74, 6) is 0.353. The van der Waals surface area contributed by atoms with Crippen molar-refractivity contribution in [2.24, 2.45) is 10.9 Å². The van der Waals surface area contributed by atoms with Crippen LogP contribution in [0.1, 0.15) is 49.7 Å². The van der Waals surface area contributed by atoms with Gasteiger partial charge in [0.1, 0.15) is 11.3 Å². The number of rotatable bonds is 6. The molecule has 4 N–H and O–H groups in total. The molecule has 0 radical (unpaired) electrons. The second-order valence-electron chi connectivity index (χ2n) is 4.34. The van der Waals surface area contributed by atoms with Crippen LogP contribution in [0.3, 0.4) is 0 Å². The fourth-order valence-electron chi connectivity index (χ4n) is 2.05. The van der Waals surface area contributed by atoms with E-state index in [0.29, 0.717) is 30.6 Å². The molecule has 0 atom stereocenters. The number of nitrogens with zero attached hydrogens (tertiary/aromatic N) is 1. The van der Waals surface area contributed by atoms with E-state index in [1.165, 1.54) is 6.26 Å². The molecule has 6 heteroatoms. The minimum absolute atomic E-state index is 0.00685. The van der Waals surface area contributed by atoms with Gasteiger partial charge in [-0.1, -0.05) is 25.9 Å². The Kier molecular flexibility index (Phi) is 4.97. The molecule has 0 aliphatic carbocycles. The van der Waals surface area contributed by atoms with Crippen LogP contribution in [0.15, 0.2) is 21.9 Å². The molecule has 0 spiro atoms. The molecule has 1 heterocycles. The first-order valence-corrected chi connectivity index (χ1v) is 6.41. The van der Waals surface area contributed by atoms with Crippen LogP contribution in [0.2, 0.25) is 0 Å². The number of carbonyl (C=O) groups excluding carboxylic acids is 1. The molecule has 0 unspecified atom stereocenters. The van der Waals surface area contributed by atoms with E-state index >= 15 is 0 Å². The van der Waals surface area contributed by atoms with E-state index in [4.69, 9.17) is 15.4 Å². The van der Waals surface area contributed by atoms with Crippen molar-refractivity contribution in [3.8, 4) is 0 Å². The van der Waals surface area contributed by atoms with Crippen molar-refractivity contribution in [3.63, 3.8) is 0 Å². The summed E-state index contributed by atoms with van der Waals surface area (Å²) in [7, 11) is 0. The van der Waals surface area contributed by atoms with Crippen LogP contribution >= 0.6 is 0 Å². The van der Waals surface area contributed by atoms with Crippen molar-refractivity contribution < 1.29 is 14.4 Å². The fraction of sp³-hybridized carbons (Fsp3) is 0.538. The molecule has 1 aromatic heterocycles. The van der Waals surface area contributed by atoms with Crippen LogP contribution in [0.25, 0.3) is 0 Å². The first-order chi connectivity index (χ1) is 9.04. The Labute approximate surface area is 112 Å². The van der Waals surface area contributed by atoms with Crippen molar-refractivity contribution in [3.05, 3.63) is 23.7 Å². The van der Waals surface area contributed by atoms with E-state index in [1.54, 1.807) is 6.07 Å². The van der Waals surface area contributed by atoms with E-state index in [-0.39, 0.29) is 11.7 Å². The van der Waals surface area contributed by atoms with Gasteiger partial charge in [0.05, 0.1) is 11.8 Å². The van der Waals surface area contributed by atoms with Gasteiger partial charge < -0.3 is 20.7 Å². The van der Waals surface area contributed by atoms with Crippen molar-refractivity contribution in [1.82, 2.24) is 5.32 Å². The molecule has 0 bridgehead atoms. The summed E-state index contributed by atoms with van der Waals surface area (Å²) in [4.78, 5) is 12.3. The van der Waals surface area contributed by atoms with Gasteiger partial charge in [-0.25, -0.2) is 0 Å². The second-order valence-corrected chi connectivity index (χ2v) is 4.34. The highest BCUT2D eigenvalue weighted by Gasteiger charge is 2.34. The summed E-state index contributed by atoms with van der Waals surface area (Å²) >= 11 is 0. The lowest BCUT2D eigenvalue weighted by Gasteiger charge is -2.31. The molecule has 0 fully saturated rings. The zero-order valence-corrected chi connectivity index (χ0v) is 11.6. The predicted molar refractivity (Wildman–Crippen MR) is 72.3 cm³/mol. The highest BCUT2D eigenvalue weighted by Crippen LogP contribution is 2.18. The van der Waals surface area contributed by atoms with Crippen LogP contribution in [-0.2, 0) is 6.42 Å². The summed E-state index contributed by atoms with van der Waals surface area (Å²) in [6, 6.07) is 1.62. The number of carbonyl (C=O) groups is 1. The average Bonchev–Trinajstić information content (AvgIpc) is 2.92. The summed E-state index contributed by atoms with van der Waals surface area (Å²) in [5, 5.41) is 14.7. The van der Waals surface area contributed by atoms with Crippen LogP contribution in [0.4, 0.5) is 0 Å². The number of aryl methyl sites for hydroxylation is 1. The maximum absolute atomic E-state index is 12.3. The lowest BCUT2D eigenvalue weighted by Crippen LogP contribution is -2.56. The standard InChI is InChI=1S/C13H21N3O3/c1-4-10-9(7-8-19-10)11(17)15-13(5-2,6-3)12(14)16-18/h7-8,18H,4-6H2,1-3H3,(H2,14,16)(H,15,17). The van der Waals surface area contributed by atoms with E-state index in [1.807, 2.05) is 20.8 Å². The molecular weight excluding hydrogens is 246 g/mol. The van der Waals surface area contributed by atoms with Gasteiger partial charge in [-0.15, -0.1) is 0 Å². The van der Waals surface area contributed by atoms with E-state index < -0.39 is 5.54 Å². The molecule has 0 aliphatic heterocycles. The first kappa shape index (κ1) is 15.1. The van der Waals surface area contributed by atoms with Crippen molar-refractivity contribution in [1.29, 1.82) is 0 Å². The fourth-order valence-corrected chi connectivity index (χ4v) is 2.05. The van der Waals surface area contributed by atoms with Crippen molar-refractivity contribution in [2.45, 2.75) is 45.6 Å². The Balaban J connectivity index is 3.01. The third kappa shape index (κ3) is 2.89. The average molecular weight is 267 g/mol. The highest BCUT2D eigenvalue weighted by molar-refractivity contribution is 6.00. The lowest BCUT2D eigenvalue weighted by molar-refractivity contribution is 0.0916. The summed E-state index contributed by atoms with van der Waals surface area (Å²) < 4.78 is 5.23. The second kappa shape index (κ2) is 6.26. The van der Waals surface area contributed by atoms with Gasteiger partial charge in [-0.3, -0.25) is 4.79 Å². The maximum atomic E-state index is 12.3. The molecule has 0 aromatic carbocycles. The Hall–Kier alpha value is -1.98. The molecule has 19 heavy (non-hydrogen) atoms. The largest absolute Gasteiger partial charge is 0.469 e. The molecule has 0 aliphatic rings. The Bertz CT molecular complexity index is 461. The normalized spacial score (nSPS) is 12.5. The number of nitrogens with one attached hydrogen (secondary N) is 1. The minimum Gasteiger partial charge on any atom is -0.469 e. The molecule has 1 amide bonds. The number of hydrogen-bond donors (Lipinski definition) is 3. The molecule has 0 saturated carbocycles. The zero-order chi connectivity index (χ0) is 14.5. The van der Waals surface area contributed by atoms with Crippen LogP contribution in [-0.4, -0.2) is 22.5 Å². The van der Waals surface area contributed by atoms with Gasteiger partial charge in [-0.2, -0.15) is 0 Å². The van der Waals surface area contributed by atoms with Gasteiger partial charge in [0.15, 0.2) is 5.84 Å². The van der Waals surface area contributed by atoms with Crippen LogP contribution < -0.4 is 11.1 Å². The molecule has 1 rings (SSSR count). The van der Waals surface area contributed by atoms with Crippen molar-refractivity contribution in [2.75, 3.05) is 0 Å². The molecule has 1 aromatic rings. The number of amides is 1. The van der Waals surface area contributed by atoms with Crippen LogP contribution in [0.5, 0.6) is 0 Å². The first-order valence-electron chi connectivity index (χ1n) is 6.41. The quantitative estimate of drug-likeness (QED) is 0.317. The van der Waals surface area contributed by atoms with Gasteiger partial charge in [0.25, 0.3) is 5.91 Å². The monoisotopic (exact) mass is 267 g/mol. The van der Waals surface area contributed by atoms with E-state index in [2.05, 4.69) is 10.5 Å². The zero-order valence-electron chi connectivity index (χ0n) is 11.6. The summed E-state index contributed by atoms with van der Waals surface area (Å²) in [6.45, 7) is 5.65. The molecule has 0 saturated heterocycles.